The number of carbonyl (C=O) groups excluding carboxylic acids is 1. The number of thioether (sulfide) groups is 1. The van der Waals surface area contributed by atoms with Gasteiger partial charge in [-0.3, -0.25) is 4.79 Å². The van der Waals surface area contributed by atoms with Crippen LogP contribution in [-0.4, -0.2) is 5.91 Å². The molecule has 22 heavy (non-hydrogen) atoms. The van der Waals surface area contributed by atoms with Gasteiger partial charge in [-0.2, -0.15) is 5.26 Å². The first kappa shape index (κ1) is 16.6. The van der Waals surface area contributed by atoms with E-state index in [1.807, 2.05) is 60.7 Å². The second-order valence-electron chi connectivity index (χ2n) is 4.78. The average molecular weight is 375 g/mol. The zero-order chi connectivity index (χ0) is 15.9. The standard InChI is InChI=1S/C17H15BrN2OS/c18-14-8-6-13(7-9-14)16(15(10-19)17(20)21)22-11-12-4-2-1-3-5-12/h1-9,15-16H,11H2,(H2,20,21)/t15-,16+/m0/s1. The Kier molecular flexibility index (Phi) is 6.05. The fourth-order valence-electron chi connectivity index (χ4n) is 2.08. The number of primary amides is 1. The van der Waals surface area contributed by atoms with Crippen molar-refractivity contribution in [1.82, 2.24) is 0 Å². The predicted octanol–water partition coefficient (Wildman–Crippen LogP) is 4.05. The Balaban J connectivity index is 2.23. The van der Waals surface area contributed by atoms with Crippen LogP contribution in [0.2, 0.25) is 0 Å². The van der Waals surface area contributed by atoms with E-state index in [2.05, 4.69) is 15.9 Å². The largest absolute Gasteiger partial charge is 0.368 e. The number of nitrogens with two attached hydrogens (primary N) is 1. The molecule has 3 nitrogen and oxygen atoms in total. The molecule has 0 saturated heterocycles. The van der Waals surface area contributed by atoms with Crippen LogP contribution in [0.1, 0.15) is 16.4 Å². The number of rotatable bonds is 6. The molecule has 2 atom stereocenters. The number of hydrogen-bond donors (Lipinski definition) is 1. The summed E-state index contributed by atoms with van der Waals surface area (Å²) in [5, 5.41) is 9.02. The van der Waals surface area contributed by atoms with E-state index >= 15 is 0 Å². The summed E-state index contributed by atoms with van der Waals surface area (Å²) in [4.78, 5) is 11.6. The number of hydrogen-bond acceptors (Lipinski definition) is 3. The number of benzene rings is 2. The van der Waals surface area contributed by atoms with Crippen molar-refractivity contribution in [1.29, 1.82) is 5.26 Å². The van der Waals surface area contributed by atoms with Crippen molar-refractivity contribution in [3.63, 3.8) is 0 Å². The Hall–Kier alpha value is -1.77. The second-order valence-corrected chi connectivity index (χ2v) is 6.82. The van der Waals surface area contributed by atoms with Gasteiger partial charge in [0.2, 0.25) is 5.91 Å². The van der Waals surface area contributed by atoms with E-state index < -0.39 is 11.8 Å². The minimum absolute atomic E-state index is 0.282. The molecule has 0 aromatic heterocycles. The monoisotopic (exact) mass is 374 g/mol. The number of nitriles is 1. The third kappa shape index (κ3) is 4.36. The van der Waals surface area contributed by atoms with E-state index in [9.17, 15) is 10.1 Å². The third-order valence-corrected chi connectivity index (χ3v) is 5.15. The molecule has 1 amide bonds. The van der Waals surface area contributed by atoms with E-state index in [-0.39, 0.29) is 5.25 Å². The summed E-state index contributed by atoms with van der Waals surface area (Å²) in [5.41, 5.74) is 7.47. The minimum atomic E-state index is -0.852. The quantitative estimate of drug-likeness (QED) is 0.828. The Bertz CT molecular complexity index is 667. The van der Waals surface area contributed by atoms with Crippen LogP contribution < -0.4 is 5.73 Å². The summed E-state index contributed by atoms with van der Waals surface area (Å²) >= 11 is 4.95. The molecule has 0 spiro atoms. The molecular formula is C17H15BrN2OS. The molecule has 0 radical (unpaired) electrons. The van der Waals surface area contributed by atoms with Gasteiger partial charge in [0.15, 0.2) is 0 Å². The predicted molar refractivity (Wildman–Crippen MR) is 92.9 cm³/mol. The van der Waals surface area contributed by atoms with E-state index in [0.29, 0.717) is 5.75 Å². The second kappa shape index (κ2) is 8.02. The van der Waals surface area contributed by atoms with Crippen molar-refractivity contribution < 1.29 is 4.79 Å². The van der Waals surface area contributed by atoms with Gasteiger partial charge in [-0.05, 0) is 23.3 Å². The van der Waals surface area contributed by atoms with Gasteiger partial charge in [-0.1, -0.05) is 58.4 Å². The fraction of sp³-hybridized carbons (Fsp3) is 0.176. The van der Waals surface area contributed by atoms with Crippen LogP contribution in [0.3, 0.4) is 0 Å². The molecular weight excluding hydrogens is 360 g/mol. The lowest BCUT2D eigenvalue weighted by molar-refractivity contribution is -0.120. The average Bonchev–Trinajstić information content (AvgIpc) is 2.53. The molecule has 0 saturated carbocycles. The van der Waals surface area contributed by atoms with Gasteiger partial charge in [0.05, 0.1) is 11.3 Å². The topological polar surface area (TPSA) is 66.9 Å². The maximum atomic E-state index is 11.6. The van der Waals surface area contributed by atoms with Gasteiger partial charge in [0.25, 0.3) is 0 Å². The summed E-state index contributed by atoms with van der Waals surface area (Å²) in [7, 11) is 0. The Labute approximate surface area is 142 Å². The highest BCUT2D eigenvalue weighted by atomic mass is 79.9. The lowest BCUT2D eigenvalue weighted by Crippen LogP contribution is -2.26. The van der Waals surface area contributed by atoms with Gasteiger partial charge in [0, 0.05) is 10.2 Å². The van der Waals surface area contributed by atoms with Crippen molar-refractivity contribution in [3.8, 4) is 6.07 Å². The van der Waals surface area contributed by atoms with E-state index in [0.717, 1.165) is 15.6 Å². The van der Waals surface area contributed by atoms with Gasteiger partial charge < -0.3 is 5.73 Å². The summed E-state index contributed by atoms with van der Waals surface area (Å²) < 4.78 is 0.954. The zero-order valence-corrected chi connectivity index (χ0v) is 14.2. The van der Waals surface area contributed by atoms with Crippen LogP contribution in [0.15, 0.2) is 59.1 Å². The van der Waals surface area contributed by atoms with Crippen molar-refractivity contribution >= 4 is 33.6 Å². The first-order valence-corrected chi connectivity index (χ1v) is 8.56. The van der Waals surface area contributed by atoms with Gasteiger partial charge in [-0.25, -0.2) is 0 Å². The van der Waals surface area contributed by atoms with Crippen LogP contribution in [-0.2, 0) is 10.5 Å². The van der Waals surface area contributed by atoms with Gasteiger partial charge in [0.1, 0.15) is 5.92 Å². The maximum absolute atomic E-state index is 11.6. The lowest BCUT2D eigenvalue weighted by Gasteiger charge is -2.20. The van der Waals surface area contributed by atoms with Crippen molar-refractivity contribution in [2.24, 2.45) is 11.7 Å². The molecule has 0 aliphatic rings. The lowest BCUT2D eigenvalue weighted by atomic mass is 9.99. The van der Waals surface area contributed by atoms with E-state index in [1.165, 1.54) is 0 Å². The molecule has 0 heterocycles. The Morgan fingerprint density at radius 2 is 1.82 bits per heavy atom. The van der Waals surface area contributed by atoms with Crippen molar-refractivity contribution in [2.45, 2.75) is 11.0 Å². The van der Waals surface area contributed by atoms with Crippen molar-refractivity contribution in [2.75, 3.05) is 0 Å². The molecule has 0 aliphatic heterocycles. The molecule has 2 aromatic rings. The Morgan fingerprint density at radius 3 is 2.36 bits per heavy atom. The van der Waals surface area contributed by atoms with E-state index in [1.54, 1.807) is 11.8 Å². The van der Waals surface area contributed by atoms with Crippen LogP contribution in [0.5, 0.6) is 0 Å². The fourth-order valence-corrected chi connectivity index (χ4v) is 3.64. The summed E-state index contributed by atoms with van der Waals surface area (Å²) in [5.74, 6) is -0.724. The smallest absolute Gasteiger partial charge is 0.236 e. The molecule has 0 fully saturated rings. The molecule has 0 bridgehead atoms. The summed E-state index contributed by atoms with van der Waals surface area (Å²) in [6.45, 7) is 0. The number of nitrogens with zero attached hydrogens (tertiary/aromatic N) is 1. The number of carbonyl (C=O) groups is 1. The number of amides is 1. The summed E-state index contributed by atoms with van der Waals surface area (Å²) in [6.07, 6.45) is 0. The molecule has 2 N–H and O–H groups in total. The van der Waals surface area contributed by atoms with Crippen LogP contribution in [0.25, 0.3) is 0 Å². The van der Waals surface area contributed by atoms with Gasteiger partial charge in [-0.15, -0.1) is 11.8 Å². The molecule has 0 unspecified atom stereocenters. The highest BCUT2D eigenvalue weighted by molar-refractivity contribution is 9.10. The van der Waals surface area contributed by atoms with Crippen LogP contribution in [0.4, 0.5) is 0 Å². The maximum Gasteiger partial charge on any atom is 0.236 e. The first-order chi connectivity index (χ1) is 10.6. The SMILES string of the molecule is N#C[C@H](C(N)=O)[C@H](SCc1ccccc1)c1ccc(Br)cc1. The first-order valence-electron chi connectivity index (χ1n) is 6.71. The van der Waals surface area contributed by atoms with Crippen molar-refractivity contribution in [3.05, 3.63) is 70.2 Å². The Morgan fingerprint density at radius 1 is 1.18 bits per heavy atom. The third-order valence-electron chi connectivity index (χ3n) is 3.22. The highest BCUT2D eigenvalue weighted by Gasteiger charge is 2.28. The summed E-state index contributed by atoms with van der Waals surface area (Å²) in [6, 6.07) is 19.6. The molecule has 2 rings (SSSR count). The normalized spacial score (nSPS) is 13.1. The van der Waals surface area contributed by atoms with Crippen LogP contribution >= 0.6 is 27.7 Å². The zero-order valence-electron chi connectivity index (χ0n) is 11.8. The highest BCUT2D eigenvalue weighted by Crippen LogP contribution is 2.38. The minimum Gasteiger partial charge on any atom is -0.368 e. The van der Waals surface area contributed by atoms with Crippen LogP contribution in [0, 0.1) is 17.2 Å². The molecule has 2 aromatic carbocycles. The van der Waals surface area contributed by atoms with E-state index in [4.69, 9.17) is 5.73 Å². The molecule has 5 heteroatoms. The molecule has 0 aliphatic carbocycles. The molecule has 112 valence electrons. The number of halogens is 1. The van der Waals surface area contributed by atoms with Gasteiger partial charge >= 0.3 is 0 Å².